The molecular weight excluding hydrogens is 412 g/mol. The van der Waals surface area contributed by atoms with Gasteiger partial charge in [0.05, 0.1) is 16.8 Å². The highest BCUT2D eigenvalue weighted by Gasteiger charge is 2.13. The third-order valence-electron chi connectivity index (χ3n) is 3.64. The number of nitrogens with zero attached hydrogens (tertiary/aromatic N) is 2. The van der Waals surface area contributed by atoms with Crippen LogP contribution >= 0.6 is 22.6 Å². The van der Waals surface area contributed by atoms with Crippen LogP contribution in [0.4, 0.5) is 15.8 Å². The standard InChI is InChI=1S/C16H13FIN3O2/c1-20-6-5-13(22)15-12(8-14(23)21(2)16(15)20)19-11-4-3-9(18)7-10(11)17/h3-8,19H,1-2H3. The Balaban J connectivity index is 2.30. The molecule has 118 valence electrons. The maximum atomic E-state index is 14.1. The average Bonchev–Trinajstić information content (AvgIpc) is 2.49. The smallest absolute Gasteiger partial charge is 0.253 e. The highest BCUT2D eigenvalue weighted by molar-refractivity contribution is 14.1. The van der Waals surface area contributed by atoms with Crippen LogP contribution in [0, 0.1) is 9.39 Å². The van der Waals surface area contributed by atoms with E-state index in [0.29, 0.717) is 16.7 Å². The molecule has 0 amide bonds. The summed E-state index contributed by atoms with van der Waals surface area (Å²) in [6, 6.07) is 7.43. The second kappa shape index (κ2) is 5.80. The normalized spacial score (nSPS) is 11.0. The third kappa shape index (κ3) is 2.76. The predicted octanol–water partition coefficient (Wildman–Crippen LogP) is 2.72. The lowest BCUT2D eigenvalue weighted by Crippen LogP contribution is -2.22. The van der Waals surface area contributed by atoms with E-state index >= 15 is 0 Å². The molecule has 0 aliphatic carbocycles. The van der Waals surface area contributed by atoms with Gasteiger partial charge in [0, 0.05) is 36.0 Å². The van der Waals surface area contributed by atoms with Gasteiger partial charge in [0.1, 0.15) is 11.5 Å². The Labute approximate surface area is 144 Å². The summed E-state index contributed by atoms with van der Waals surface area (Å²) in [4.78, 5) is 24.4. The number of hydrogen-bond donors (Lipinski definition) is 1. The Morgan fingerprint density at radius 2 is 1.83 bits per heavy atom. The summed E-state index contributed by atoms with van der Waals surface area (Å²) in [7, 11) is 3.34. The Hall–Kier alpha value is -2.16. The minimum absolute atomic E-state index is 0.214. The first-order valence-electron chi connectivity index (χ1n) is 6.80. The zero-order valence-electron chi connectivity index (χ0n) is 12.4. The molecule has 0 radical (unpaired) electrons. The van der Waals surface area contributed by atoms with Crippen molar-refractivity contribution in [3.63, 3.8) is 0 Å². The van der Waals surface area contributed by atoms with Crippen molar-refractivity contribution in [3.05, 3.63) is 66.5 Å². The number of benzene rings is 1. The summed E-state index contributed by atoms with van der Waals surface area (Å²) in [5.41, 5.74) is 0.461. The van der Waals surface area contributed by atoms with Crippen molar-refractivity contribution in [1.82, 2.24) is 9.13 Å². The van der Waals surface area contributed by atoms with Crippen LogP contribution < -0.4 is 16.3 Å². The van der Waals surface area contributed by atoms with Crippen molar-refractivity contribution in [1.29, 1.82) is 0 Å². The number of anilines is 2. The van der Waals surface area contributed by atoms with Gasteiger partial charge in [-0.1, -0.05) is 0 Å². The lowest BCUT2D eigenvalue weighted by Gasteiger charge is -2.14. The Kier molecular flexibility index (Phi) is 3.97. The SMILES string of the molecule is Cn1ccc(=O)c2c(Nc3ccc(I)cc3F)cc(=O)n(C)c21. The molecule has 5 nitrogen and oxygen atoms in total. The lowest BCUT2D eigenvalue weighted by molar-refractivity contribution is 0.631. The van der Waals surface area contributed by atoms with E-state index in [1.54, 1.807) is 37.0 Å². The molecule has 0 aliphatic heterocycles. The molecule has 0 aliphatic rings. The fraction of sp³-hybridized carbons (Fsp3) is 0.125. The summed E-state index contributed by atoms with van der Waals surface area (Å²) < 4.78 is 17.9. The van der Waals surface area contributed by atoms with Crippen molar-refractivity contribution < 1.29 is 4.39 Å². The molecule has 0 spiro atoms. The molecule has 2 heterocycles. The van der Waals surface area contributed by atoms with Gasteiger partial charge in [0.2, 0.25) is 0 Å². The molecule has 0 fully saturated rings. The predicted molar refractivity (Wildman–Crippen MR) is 96.8 cm³/mol. The molecule has 2 aromatic heterocycles. The van der Waals surface area contributed by atoms with Crippen molar-refractivity contribution in [2.45, 2.75) is 0 Å². The highest BCUT2D eigenvalue weighted by Crippen LogP contribution is 2.24. The molecule has 3 rings (SSSR count). The van der Waals surface area contributed by atoms with E-state index in [4.69, 9.17) is 0 Å². The van der Waals surface area contributed by atoms with Crippen LogP contribution in [0.2, 0.25) is 0 Å². The van der Waals surface area contributed by atoms with Gasteiger partial charge in [0.15, 0.2) is 5.43 Å². The Morgan fingerprint density at radius 1 is 1.09 bits per heavy atom. The van der Waals surface area contributed by atoms with Crippen LogP contribution in [-0.4, -0.2) is 9.13 Å². The van der Waals surface area contributed by atoms with Crippen molar-refractivity contribution >= 4 is 45.0 Å². The van der Waals surface area contributed by atoms with Crippen LogP contribution in [0.15, 0.2) is 46.1 Å². The van der Waals surface area contributed by atoms with E-state index in [-0.39, 0.29) is 16.7 Å². The number of aryl methyl sites for hydroxylation is 2. The number of aromatic nitrogens is 2. The number of nitrogens with one attached hydrogen (secondary N) is 1. The van der Waals surface area contributed by atoms with Gasteiger partial charge in [-0.3, -0.25) is 14.2 Å². The summed E-state index contributed by atoms with van der Waals surface area (Å²) >= 11 is 2.01. The van der Waals surface area contributed by atoms with E-state index in [9.17, 15) is 14.0 Å². The molecule has 7 heteroatoms. The molecule has 1 N–H and O–H groups in total. The average molecular weight is 425 g/mol. The maximum absolute atomic E-state index is 14.1. The van der Waals surface area contributed by atoms with Crippen molar-refractivity contribution in [2.75, 3.05) is 5.32 Å². The monoisotopic (exact) mass is 425 g/mol. The zero-order chi connectivity index (χ0) is 16.7. The number of fused-ring (bicyclic) bond motifs is 1. The van der Waals surface area contributed by atoms with E-state index in [1.807, 2.05) is 22.6 Å². The van der Waals surface area contributed by atoms with Gasteiger partial charge in [-0.2, -0.15) is 0 Å². The molecule has 3 aromatic rings. The fourth-order valence-corrected chi connectivity index (χ4v) is 2.96. The largest absolute Gasteiger partial charge is 0.352 e. The van der Waals surface area contributed by atoms with Crippen LogP contribution in [0.5, 0.6) is 0 Å². The van der Waals surface area contributed by atoms with E-state index in [2.05, 4.69) is 5.32 Å². The van der Waals surface area contributed by atoms with Crippen molar-refractivity contribution in [2.24, 2.45) is 14.1 Å². The Morgan fingerprint density at radius 3 is 2.52 bits per heavy atom. The van der Waals surface area contributed by atoms with Gasteiger partial charge < -0.3 is 9.88 Å². The molecular formula is C16H13FIN3O2. The first-order chi connectivity index (χ1) is 10.9. The van der Waals surface area contributed by atoms with Gasteiger partial charge in [-0.05, 0) is 40.8 Å². The number of pyridine rings is 2. The third-order valence-corrected chi connectivity index (χ3v) is 4.31. The topological polar surface area (TPSA) is 56.0 Å². The minimum atomic E-state index is -0.446. The summed E-state index contributed by atoms with van der Waals surface area (Å²) in [6.45, 7) is 0. The van der Waals surface area contributed by atoms with Crippen LogP contribution in [0.1, 0.15) is 0 Å². The van der Waals surface area contributed by atoms with Crippen molar-refractivity contribution in [3.8, 4) is 0 Å². The molecule has 0 unspecified atom stereocenters. The Bertz CT molecular complexity index is 1040. The second-order valence-electron chi connectivity index (χ2n) is 5.19. The first kappa shape index (κ1) is 15.7. The molecule has 1 aromatic carbocycles. The van der Waals surface area contributed by atoms with Gasteiger partial charge in [0.25, 0.3) is 5.56 Å². The molecule has 23 heavy (non-hydrogen) atoms. The van der Waals surface area contributed by atoms with E-state index in [0.717, 1.165) is 3.57 Å². The maximum Gasteiger partial charge on any atom is 0.253 e. The molecule has 0 saturated heterocycles. The summed E-state index contributed by atoms with van der Waals surface area (Å²) in [6.07, 6.45) is 1.60. The first-order valence-corrected chi connectivity index (χ1v) is 7.88. The number of rotatable bonds is 2. The molecule has 0 bridgehead atoms. The van der Waals surface area contributed by atoms with Crippen LogP contribution in [0.25, 0.3) is 11.0 Å². The van der Waals surface area contributed by atoms with E-state index in [1.165, 1.54) is 22.8 Å². The fourth-order valence-electron chi connectivity index (χ4n) is 2.51. The summed E-state index contributed by atoms with van der Waals surface area (Å²) in [5.74, 6) is -0.446. The second-order valence-corrected chi connectivity index (χ2v) is 6.44. The number of hydrogen-bond acceptors (Lipinski definition) is 3. The lowest BCUT2D eigenvalue weighted by atomic mass is 10.2. The van der Waals surface area contributed by atoms with Crippen LogP contribution in [0.3, 0.4) is 0 Å². The molecule has 0 saturated carbocycles. The summed E-state index contributed by atoms with van der Waals surface area (Å²) in [5, 5.41) is 3.22. The van der Waals surface area contributed by atoms with Gasteiger partial charge >= 0.3 is 0 Å². The van der Waals surface area contributed by atoms with Crippen LogP contribution in [-0.2, 0) is 14.1 Å². The minimum Gasteiger partial charge on any atom is -0.352 e. The zero-order valence-corrected chi connectivity index (χ0v) is 14.6. The number of halogens is 2. The van der Waals surface area contributed by atoms with Gasteiger partial charge in [-0.15, -0.1) is 0 Å². The van der Waals surface area contributed by atoms with E-state index < -0.39 is 5.82 Å². The molecule has 0 atom stereocenters. The van der Waals surface area contributed by atoms with Gasteiger partial charge in [-0.25, -0.2) is 4.39 Å². The quantitative estimate of drug-likeness (QED) is 0.643. The highest BCUT2D eigenvalue weighted by atomic mass is 127.